The second kappa shape index (κ2) is 6.76. The van der Waals surface area contributed by atoms with Gasteiger partial charge in [0.1, 0.15) is 16.4 Å². The van der Waals surface area contributed by atoms with Gasteiger partial charge in [0, 0.05) is 25.1 Å². The molecule has 1 amide bonds. The Morgan fingerprint density at radius 3 is 2.22 bits per heavy atom. The van der Waals surface area contributed by atoms with Crippen molar-refractivity contribution in [1.82, 2.24) is 4.31 Å². The number of aryl methyl sites for hydroxylation is 1. The van der Waals surface area contributed by atoms with E-state index in [1.165, 1.54) is 24.6 Å². The first-order valence-electron chi connectivity index (χ1n) is 7.33. The molecule has 0 aromatic heterocycles. The van der Waals surface area contributed by atoms with Gasteiger partial charge in [-0.3, -0.25) is 4.79 Å². The first-order chi connectivity index (χ1) is 10.8. The molecule has 0 radical (unpaired) electrons. The van der Waals surface area contributed by atoms with Gasteiger partial charge < -0.3 is 15.2 Å². The van der Waals surface area contributed by atoms with Crippen molar-refractivity contribution in [2.75, 3.05) is 27.3 Å². The molecule has 7 nitrogen and oxygen atoms in total. The topological polar surface area (TPSA) is 98.9 Å². The van der Waals surface area contributed by atoms with E-state index in [2.05, 4.69) is 0 Å². The highest BCUT2D eigenvalue weighted by Gasteiger charge is 2.33. The van der Waals surface area contributed by atoms with Crippen molar-refractivity contribution in [3.63, 3.8) is 0 Å². The zero-order chi connectivity index (χ0) is 17.2. The largest absolute Gasteiger partial charge is 0.496 e. The molecule has 0 atom stereocenters. The molecule has 2 rings (SSSR count). The molecule has 2 N–H and O–H groups in total. The molecule has 1 heterocycles. The molecule has 8 heteroatoms. The van der Waals surface area contributed by atoms with Gasteiger partial charge in [0.2, 0.25) is 15.9 Å². The van der Waals surface area contributed by atoms with Crippen molar-refractivity contribution in [2.24, 2.45) is 11.7 Å². The Kier molecular flexibility index (Phi) is 5.16. The Balaban J connectivity index is 2.35. The highest BCUT2D eigenvalue weighted by Crippen LogP contribution is 2.34. The number of piperidine rings is 1. The van der Waals surface area contributed by atoms with E-state index in [1.807, 2.05) is 6.92 Å². The monoisotopic (exact) mass is 342 g/mol. The summed E-state index contributed by atoms with van der Waals surface area (Å²) in [6.45, 7) is 2.33. The van der Waals surface area contributed by atoms with E-state index in [4.69, 9.17) is 15.2 Å². The van der Waals surface area contributed by atoms with Crippen molar-refractivity contribution >= 4 is 15.9 Å². The highest BCUT2D eigenvalue weighted by atomic mass is 32.2. The summed E-state index contributed by atoms with van der Waals surface area (Å²) < 4.78 is 37.6. The van der Waals surface area contributed by atoms with Crippen LogP contribution in [-0.4, -0.2) is 45.9 Å². The molecule has 0 spiro atoms. The van der Waals surface area contributed by atoms with Crippen LogP contribution in [0.2, 0.25) is 0 Å². The van der Waals surface area contributed by atoms with Gasteiger partial charge in [-0.15, -0.1) is 0 Å². The van der Waals surface area contributed by atoms with Gasteiger partial charge in [0.05, 0.1) is 14.2 Å². The molecule has 1 aromatic carbocycles. The van der Waals surface area contributed by atoms with Crippen molar-refractivity contribution in [1.29, 1.82) is 0 Å². The van der Waals surface area contributed by atoms with Crippen LogP contribution in [0.15, 0.2) is 17.0 Å². The van der Waals surface area contributed by atoms with E-state index in [0.717, 1.165) is 5.56 Å². The number of nitrogens with zero attached hydrogens (tertiary/aromatic N) is 1. The molecule has 23 heavy (non-hydrogen) atoms. The van der Waals surface area contributed by atoms with E-state index in [0.29, 0.717) is 18.6 Å². The van der Waals surface area contributed by atoms with Gasteiger partial charge in [0.15, 0.2) is 0 Å². The second-order valence-corrected chi connectivity index (χ2v) is 7.46. The van der Waals surface area contributed by atoms with Crippen LogP contribution in [0.1, 0.15) is 18.4 Å². The quantitative estimate of drug-likeness (QED) is 0.857. The Hall–Kier alpha value is -1.80. The van der Waals surface area contributed by atoms with Gasteiger partial charge >= 0.3 is 0 Å². The van der Waals surface area contributed by atoms with Crippen LogP contribution in [-0.2, 0) is 14.8 Å². The van der Waals surface area contributed by atoms with E-state index in [1.54, 1.807) is 6.07 Å². The van der Waals surface area contributed by atoms with E-state index < -0.39 is 10.0 Å². The molecular formula is C15H22N2O5S. The Morgan fingerprint density at radius 2 is 1.74 bits per heavy atom. The summed E-state index contributed by atoms with van der Waals surface area (Å²) in [5, 5.41) is 0. The Morgan fingerprint density at radius 1 is 1.17 bits per heavy atom. The highest BCUT2D eigenvalue weighted by molar-refractivity contribution is 7.89. The summed E-state index contributed by atoms with van der Waals surface area (Å²) in [6, 6.07) is 3.12. The molecule has 1 aromatic rings. The van der Waals surface area contributed by atoms with Crippen LogP contribution in [0.25, 0.3) is 0 Å². The number of hydrogen-bond donors (Lipinski definition) is 1. The number of nitrogens with two attached hydrogens (primary N) is 1. The van der Waals surface area contributed by atoms with Gasteiger partial charge in [-0.1, -0.05) is 0 Å². The minimum atomic E-state index is -3.73. The predicted octanol–water partition coefficient (Wildman–Crippen LogP) is 0.898. The molecule has 0 aliphatic carbocycles. The number of carbonyl (C=O) groups is 1. The van der Waals surface area contributed by atoms with Gasteiger partial charge in [-0.2, -0.15) is 4.31 Å². The number of ether oxygens (including phenoxy) is 2. The molecule has 0 saturated carbocycles. The summed E-state index contributed by atoms with van der Waals surface area (Å²) in [5.74, 6) is 0.115. The molecule has 1 aliphatic heterocycles. The summed E-state index contributed by atoms with van der Waals surface area (Å²) in [6.07, 6.45) is 0.861. The molecular weight excluding hydrogens is 320 g/mol. The third kappa shape index (κ3) is 3.42. The van der Waals surface area contributed by atoms with Crippen molar-refractivity contribution in [3.05, 3.63) is 17.7 Å². The summed E-state index contributed by atoms with van der Waals surface area (Å²) in [5.41, 5.74) is 6.08. The lowest BCUT2D eigenvalue weighted by Crippen LogP contribution is -2.41. The lowest BCUT2D eigenvalue weighted by atomic mass is 9.98. The molecule has 128 valence electrons. The lowest BCUT2D eigenvalue weighted by molar-refractivity contribution is -0.122. The van der Waals surface area contributed by atoms with Crippen LogP contribution in [0.5, 0.6) is 11.5 Å². The number of primary amides is 1. The number of rotatable bonds is 5. The SMILES string of the molecule is COc1cc(S(=O)(=O)N2CCC(C(N)=O)CC2)c(OC)cc1C. The average Bonchev–Trinajstić information content (AvgIpc) is 2.54. The summed E-state index contributed by atoms with van der Waals surface area (Å²) in [4.78, 5) is 11.3. The summed E-state index contributed by atoms with van der Waals surface area (Å²) in [7, 11) is -0.807. The predicted molar refractivity (Wildman–Crippen MR) is 85.0 cm³/mol. The normalized spacial score (nSPS) is 17.0. The third-order valence-corrected chi connectivity index (χ3v) is 6.08. The number of hydrogen-bond acceptors (Lipinski definition) is 5. The Bertz CT molecular complexity index is 694. The van der Waals surface area contributed by atoms with Crippen molar-refractivity contribution < 1.29 is 22.7 Å². The standard InChI is InChI=1S/C15H22N2O5S/c1-10-8-13(22-3)14(9-12(10)21-2)23(19,20)17-6-4-11(5-7-17)15(16)18/h8-9,11H,4-7H2,1-3H3,(H2,16,18). The maximum Gasteiger partial charge on any atom is 0.246 e. The zero-order valence-corrected chi connectivity index (χ0v) is 14.4. The fraction of sp³-hybridized carbons (Fsp3) is 0.533. The molecule has 1 saturated heterocycles. The fourth-order valence-electron chi connectivity index (χ4n) is 2.74. The first kappa shape index (κ1) is 17.6. The molecule has 1 aliphatic rings. The maximum atomic E-state index is 12.9. The van der Waals surface area contributed by atoms with Crippen LogP contribution in [0, 0.1) is 12.8 Å². The van der Waals surface area contributed by atoms with Gasteiger partial charge in [0.25, 0.3) is 0 Å². The minimum absolute atomic E-state index is 0.0694. The van der Waals surface area contributed by atoms with Crippen molar-refractivity contribution in [2.45, 2.75) is 24.7 Å². The van der Waals surface area contributed by atoms with Gasteiger partial charge in [-0.25, -0.2) is 8.42 Å². The van der Waals surface area contributed by atoms with Crippen LogP contribution >= 0.6 is 0 Å². The van der Waals surface area contributed by atoms with Crippen LogP contribution < -0.4 is 15.2 Å². The number of amides is 1. The van der Waals surface area contributed by atoms with Crippen molar-refractivity contribution in [3.8, 4) is 11.5 Å². The van der Waals surface area contributed by atoms with Crippen LogP contribution in [0.4, 0.5) is 0 Å². The molecule has 1 fully saturated rings. The zero-order valence-electron chi connectivity index (χ0n) is 13.5. The number of sulfonamides is 1. The number of carbonyl (C=O) groups excluding carboxylic acids is 1. The van der Waals surface area contributed by atoms with Gasteiger partial charge in [-0.05, 0) is 31.4 Å². The molecule has 0 bridgehead atoms. The van der Waals surface area contributed by atoms with Crippen LogP contribution in [0.3, 0.4) is 0 Å². The lowest BCUT2D eigenvalue weighted by Gasteiger charge is -2.30. The van der Waals surface area contributed by atoms with E-state index in [-0.39, 0.29) is 35.6 Å². The minimum Gasteiger partial charge on any atom is -0.496 e. The molecule has 0 unspecified atom stereocenters. The Labute approximate surface area is 136 Å². The average molecular weight is 342 g/mol. The maximum absolute atomic E-state index is 12.9. The van der Waals surface area contributed by atoms with E-state index in [9.17, 15) is 13.2 Å². The number of benzene rings is 1. The fourth-order valence-corrected chi connectivity index (χ4v) is 4.37. The third-order valence-electron chi connectivity index (χ3n) is 4.16. The smallest absolute Gasteiger partial charge is 0.246 e. The second-order valence-electron chi connectivity index (χ2n) is 5.55. The number of methoxy groups -OCH3 is 2. The first-order valence-corrected chi connectivity index (χ1v) is 8.77. The van der Waals surface area contributed by atoms with E-state index >= 15 is 0 Å². The summed E-state index contributed by atoms with van der Waals surface area (Å²) >= 11 is 0.